The van der Waals surface area contributed by atoms with Crippen molar-refractivity contribution in [3.05, 3.63) is 50.2 Å². The number of hydrogen-bond donors (Lipinski definition) is 1. The van der Waals surface area contributed by atoms with Gasteiger partial charge in [0.25, 0.3) is 0 Å². The van der Waals surface area contributed by atoms with E-state index in [9.17, 15) is 13.2 Å². The number of thiophene rings is 1. The summed E-state index contributed by atoms with van der Waals surface area (Å²) in [4.78, 5) is 15.0. The van der Waals surface area contributed by atoms with Gasteiger partial charge in [-0.3, -0.25) is 4.79 Å². The van der Waals surface area contributed by atoms with E-state index in [1.54, 1.807) is 11.3 Å². The Morgan fingerprint density at radius 2 is 1.66 bits per heavy atom. The van der Waals surface area contributed by atoms with Crippen molar-refractivity contribution in [3.63, 3.8) is 0 Å². The third kappa shape index (κ3) is 4.73. The van der Waals surface area contributed by atoms with Crippen molar-refractivity contribution in [2.24, 2.45) is 0 Å². The Kier molecular flexibility index (Phi) is 6.51. The first-order valence-electron chi connectivity index (χ1n) is 10.0. The van der Waals surface area contributed by atoms with E-state index in [2.05, 4.69) is 10.1 Å². The van der Waals surface area contributed by atoms with Gasteiger partial charge in [0.15, 0.2) is 0 Å². The van der Waals surface area contributed by atoms with Crippen LogP contribution in [0.1, 0.15) is 52.6 Å². The fraction of sp³-hybridized carbons (Fsp3) is 0.500. The molecule has 0 spiro atoms. The molecule has 3 rings (SSSR count). The predicted molar refractivity (Wildman–Crippen MR) is 118 cm³/mol. The van der Waals surface area contributed by atoms with Crippen molar-refractivity contribution < 1.29 is 13.2 Å². The molecule has 0 atom stereocenters. The number of rotatable bonds is 8. The quantitative estimate of drug-likeness (QED) is 0.679. The highest BCUT2D eigenvalue weighted by Gasteiger charge is 2.32. The van der Waals surface area contributed by atoms with Crippen molar-refractivity contribution in [1.82, 2.24) is 9.62 Å². The van der Waals surface area contributed by atoms with Crippen LogP contribution in [-0.4, -0.2) is 31.8 Å². The van der Waals surface area contributed by atoms with Crippen LogP contribution in [0.25, 0.3) is 0 Å². The molecule has 0 saturated heterocycles. The first-order valence-corrected chi connectivity index (χ1v) is 12.4. The van der Waals surface area contributed by atoms with Crippen LogP contribution in [0.5, 0.6) is 0 Å². The summed E-state index contributed by atoms with van der Waals surface area (Å²) in [5, 5.41) is 4.06. The fourth-order valence-electron chi connectivity index (χ4n) is 3.76. The third-order valence-corrected chi connectivity index (χ3v) is 8.54. The summed E-state index contributed by atoms with van der Waals surface area (Å²) in [6.45, 7) is 10.4. The number of hydrogen-bond acceptors (Lipinski definition) is 4. The number of carbonyl (C=O) groups excluding carboxylic acids is 1. The highest BCUT2D eigenvalue weighted by Crippen LogP contribution is 2.30. The first kappa shape index (κ1) is 22.0. The van der Waals surface area contributed by atoms with Crippen LogP contribution < -0.4 is 4.72 Å². The molecule has 1 amide bonds. The minimum Gasteiger partial charge on any atom is -0.335 e. The summed E-state index contributed by atoms with van der Waals surface area (Å²) in [6.07, 6.45) is 2.23. The standard InChI is InChI=1S/C22H30N2O3S2/c1-14-15(2)17(4)22(18(5)16(14)3)29(26,27)23-10-8-21(25)24(20-6-7-20)12-19-9-11-28-13-19/h9,11,13,20,23H,6-8,10,12H2,1-5H3. The number of sulfonamides is 1. The lowest BCUT2D eigenvalue weighted by molar-refractivity contribution is -0.132. The topological polar surface area (TPSA) is 66.5 Å². The van der Waals surface area contributed by atoms with Gasteiger partial charge in [0.1, 0.15) is 0 Å². The van der Waals surface area contributed by atoms with Crippen molar-refractivity contribution in [1.29, 1.82) is 0 Å². The molecule has 1 saturated carbocycles. The summed E-state index contributed by atoms with van der Waals surface area (Å²) in [6, 6.07) is 2.33. The maximum atomic E-state index is 13.0. The van der Waals surface area contributed by atoms with Crippen molar-refractivity contribution in [2.45, 2.75) is 71.4 Å². The van der Waals surface area contributed by atoms with E-state index >= 15 is 0 Å². The molecule has 1 N–H and O–H groups in total. The lowest BCUT2D eigenvalue weighted by Gasteiger charge is -2.22. The lowest BCUT2D eigenvalue weighted by atomic mass is 9.95. The summed E-state index contributed by atoms with van der Waals surface area (Å²) in [5.41, 5.74) is 5.82. The number of nitrogens with zero attached hydrogens (tertiary/aromatic N) is 1. The van der Waals surface area contributed by atoms with Crippen LogP contribution in [0.15, 0.2) is 21.7 Å². The van der Waals surface area contributed by atoms with Crippen LogP contribution in [0.4, 0.5) is 0 Å². The molecular formula is C22H30N2O3S2. The van der Waals surface area contributed by atoms with Gasteiger partial charge < -0.3 is 4.90 Å². The second kappa shape index (κ2) is 8.58. The molecule has 0 aliphatic heterocycles. The maximum Gasteiger partial charge on any atom is 0.241 e. The molecule has 1 heterocycles. The molecule has 1 aromatic carbocycles. The molecule has 1 aliphatic carbocycles. The van der Waals surface area contributed by atoms with E-state index in [1.807, 2.05) is 51.0 Å². The molecule has 0 radical (unpaired) electrons. The molecule has 5 nitrogen and oxygen atoms in total. The molecule has 0 bridgehead atoms. The molecule has 7 heteroatoms. The van der Waals surface area contributed by atoms with E-state index in [1.165, 1.54) is 0 Å². The van der Waals surface area contributed by atoms with Crippen molar-refractivity contribution >= 4 is 27.3 Å². The third-order valence-electron chi connectivity index (χ3n) is 6.07. The van der Waals surface area contributed by atoms with E-state index in [4.69, 9.17) is 0 Å². The average molecular weight is 435 g/mol. The zero-order chi connectivity index (χ0) is 21.3. The lowest BCUT2D eigenvalue weighted by Crippen LogP contribution is -2.36. The molecule has 2 aromatic rings. The van der Waals surface area contributed by atoms with E-state index in [0.717, 1.165) is 46.2 Å². The summed E-state index contributed by atoms with van der Waals surface area (Å²) < 4.78 is 28.7. The normalized spacial score (nSPS) is 14.2. The minimum atomic E-state index is -3.68. The minimum absolute atomic E-state index is 0.00566. The zero-order valence-electron chi connectivity index (χ0n) is 17.8. The second-order valence-electron chi connectivity index (χ2n) is 7.99. The Balaban J connectivity index is 1.69. The van der Waals surface area contributed by atoms with E-state index in [0.29, 0.717) is 17.5 Å². The van der Waals surface area contributed by atoms with Gasteiger partial charge in [-0.25, -0.2) is 13.1 Å². The van der Waals surface area contributed by atoms with Gasteiger partial charge in [-0.15, -0.1) is 0 Å². The van der Waals surface area contributed by atoms with Gasteiger partial charge in [-0.05, 0) is 97.7 Å². The molecule has 1 aromatic heterocycles. The molecule has 1 aliphatic rings. The van der Waals surface area contributed by atoms with E-state index in [-0.39, 0.29) is 18.9 Å². The highest BCUT2D eigenvalue weighted by atomic mass is 32.2. The van der Waals surface area contributed by atoms with Gasteiger partial charge in [-0.2, -0.15) is 11.3 Å². The molecule has 29 heavy (non-hydrogen) atoms. The SMILES string of the molecule is Cc1c(C)c(C)c(S(=O)(=O)NCCC(=O)N(Cc2ccsc2)C2CC2)c(C)c1C. The Morgan fingerprint density at radius 1 is 1.07 bits per heavy atom. The van der Waals surface area contributed by atoms with E-state index < -0.39 is 10.0 Å². The van der Waals surface area contributed by atoms with Gasteiger partial charge in [0, 0.05) is 25.6 Å². The molecule has 0 unspecified atom stereocenters. The first-order chi connectivity index (χ1) is 13.6. The largest absolute Gasteiger partial charge is 0.335 e. The van der Waals surface area contributed by atoms with Gasteiger partial charge >= 0.3 is 0 Å². The number of nitrogens with one attached hydrogen (secondary N) is 1. The second-order valence-corrected chi connectivity index (χ2v) is 10.5. The van der Waals surface area contributed by atoms with Gasteiger partial charge in [-0.1, -0.05) is 0 Å². The fourth-order valence-corrected chi connectivity index (χ4v) is 6.05. The number of benzene rings is 1. The van der Waals surface area contributed by atoms with Crippen molar-refractivity contribution in [2.75, 3.05) is 6.54 Å². The molecule has 1 fully saturated rings. The summed E-state index contributed by atoms with van der Waals surface area (Å²) >= 11 is 1.62. The monoisotopic (exact) mass is 434 g/mol. The molecular weight excluding hydrogens is 404 g/mol. The summed E-state index contributed by atoms with van der Waals surface area (Å²) in [7, 11) is -3.68. The van der Waals surface area contributed by atoms with Crippen LogP contribution in [-0.2, 0) is 21.4 Å². The zero-order valence-corrected chi connectivity index (χ0v) is 19.5. The summed E-state index contributed by atoms with van der Waals surface area (Å²) in [5.74, 6) is 0.00566. The number of amides is 1. The van der Waals surface area contributed by atoms with Crippen LogP contribution in [0, 0.1) is 34.6 Å². The van der Waals surface area contributed by atoms with Crippen LogP contribution >= 0.6 is 11.3 Å². The smallest absolute Gasteiger partial charge is 0.241 e. The predicted octanol–water partition coefficient (Wildman–Crippen LogP) is 4.15. The maximum absolute atomic E-state index is 13.0. The Hall–Kier alpha value is -1.70. The Bertz CT molecular complexity index is 978. The Morgan fingerprint density at radius 3 is 2.17 bits per heavy atom. The van der Waals surface area contributed by atoms with Crippen LogP contribution in [0.2, 0.25) is 0 Å². The number of carbonyl (C=O) groups is 1. The van der Waals surface area contributed by atoms with Gasteiger partial charge in [0.05, 0.1) is 4.90 Å². The highest BCUT2D eigenvalue weighted by molar-refractivity contribution is 7.89. The van der Waals surface area contributed by atoms with Gasteiger partial charge in [0.2, 0.25) is 15.9 Å². The van der Waals surface area contributed by atoms with Crippen molar-refractivity contribution in [3.8, 4) is 0 Å². The molecule has 158 valence electrons. The average Bonchev–Trinajstić information content (AvgIpc) is 3.37. The van der Waals surface area contributed by atoms with Crippen LogP contribution in [0.3, 0.4) is 0 Å². The Labute approximate surface area is 178 Å².